The van der Waals surface area contributed by atoms with Crippen molar-refractivity contribution in [2.75, 3.05) is 6.61 Å². The van der Waals surface area contributed by atoms with Crippen LogP contribution >= 0.6 is 0 Å². The summed E-state index contributed by atoms with van der Waals surface area (Å²) in [6.45, 7) is 2.26. The lowest BCUT2D eigenvalue weighted by Gasteiger charge is -2.32. The van der Waals surface area contributed by atoms with Gasteiger partial charge >= 0.3 is 5.97 Å². The van der Waals surface area contributed by atoms with Crippen LogP contribution < -0.4 is 11.1 Å². The fourth-order valence-electron chi connectivity index (χ4n) is 4.25. The van der Waals surface area contributed by atoms with Gasteiger partial charge in [-0.1, -0.05) is 11.6 Å². The number of oxime groups is 1. The molecule has 2 saturated carbocycles. The Morgan fingerprint density at radius 3 is 2.50 bits per heavy atom. The summed E-state index contributed by atoms with van der Waals surface area (Å²) in [5.41, 5.74) is 5.71. The number of amidine groups is 1. The lowest BCUT2D eigenvalue weighted by Crippen LogP contribution is -2.43. The molecule has 0 spiro atoms. The van der Waals surface area contributed by atoms with E-state index in [-0.39, 0.29) is 35.6 Å². The average molecular weight is 367 g/mol. The fourth-order valence-corrected chi connectivity index (χ4v) is 4.25. The molecular formula is C19H33N3O4. The zero-order valence-corrected chi connectivity index (χ0v) is 15.8. The molecule has 7 nitrogen and oxygen atoms in total. The Kier molecular flexibility index (Phi) is 8.19. The van der Waals surface area contributed by atoms with Crippen LogP contribution in [0.4, 0.5) is 0 Å². The van der Waals surface area contributed by atoms with E-state index >= 15 is 0 Å². The quantitative estimate of drug-likeness (QED) is 0.210. The van der Waals surface area contributed by atoms with Gasteiger partial charge < -0.3 is 21.0 Å². The van der Waals surface area contributed by atoms with Gasteiger partial charge in [0.15, 0.2) is 0 Å². The Morgan fingerprint density at radius 1 is 1.15 bits per heavy atom. The summed E-state index contributed by atoms with van der Waals surface area (Å²) in [5.74, 6) is 0.742. The largest absolute Gasteiger partial charge is 0.466 e. The van der Waals surface area contributed by atoms with Crippen molar-refractivity contribution in [2.24, 2.45) is 28.6 Å². The highest BCUT2D eigenvalue weighted by Gasteiger charge is 2.31. The molecule has 26 heavy (non-hydrogen) atoms. The summed E-state index contributed by atoms with van der Waals surface area (Å²) in [6.07, 6.45) is 8.74. The van der Waals surface area contributed by atoms with Gasteiger partial charge in [0.05, 0.1) is 6.61 Å². The predicted molar refractivity (Wildman–Crippen MR) is 98.6 cm³/mol. The van der Waals surface area contributed by atoms with Gasteiger partial charge in [0.1, 0.15) is 5.84 Å². The first kappa shape index (κ1) is 20.5. The van der Waals surface area contributed by atoms with E-state index in [1.807, 2.05) is 6.92 Å². The van der Waals surface area contributed by atoms with E-state index < -0.39 is 0 Å². The lowest BCUT2D eigenvalue weighted by molar-refractivity contribution is -0.143. The highest BCUT2D eigenvalue weighted by molar-refractivity contribution is 5.84. The second-order valence-corrected chi connectivity index (χ2v) is 7.66. The zero-order valence-electron chi connectivity index (χ0n) is 15.8. The van der Waals surface area contributed by atoms with Crippen molar-refractivity contribution < 1.29 is 19.5 Å². The molecule has 2 rings (SSSR count). The van der Waals surface area contributed by atoms with Crippen molar-refractivity contribution in [1.29, 1.82) is 0 Å². The molecule has 0 aromatic carbocycles. The van der Waals surface area contributed by atoms with Crippen LogP contribution in [0.5, 0.6) is 0 Å². The van der Waals surface area contributed by atoms with Crippen molar-refractivity contribution in [1.82, 2.24) is 5.32 Å². The Hall–Kier alpha value is -1.79. The Labute approximate surface area is 155 Å². The minimum absolute atomic E-state index is 0.00288. The van der Waals surface area contributed by atoms with E-state index in [0.29, 0.717) is 25.4 Å². The SMILES string of the molecule is CCOC(=O)CCC1CCC(NC(=O)C2CCCC(/C(N)=N\O)C2)CC1. The van der Waals surface area contributed by atoms with Gasteiger partial charge in [0, 0.05) is 24.3 Å². The van der Waals surface area contributed by atoms with Gasteiger partial charge in [-0.2, -0.15) is 0 Å². The smallest absolute Gasteiger partial charge is 0.305 e. The molecule has 0 heterocycles. The van der Waals surface area contributed by atoms with Crippen LogP contribution in [0.1, 0.15) is 71.1 Å². The molecule has 0 saturated heterocycles. The average Bonchev–Trinajstić information content (AvgIpc) is 2.67. The third kappa shape index (κ3) is 6.18. The van der Waals surface area contributed by atoms with E-state index in [4.69, 9.17) is 15.7 Å². The first-order valence-corrected chi connectivity index (χ1v) is 9.96. The minimum Gasteiger partial charge on any atom is -0.466 e. The first-order valence-electron chi connectivity index (χ1n) is 9.96. The number of carbonyl (C=O) groups excluding carboxylic acids is 2. The van der Waals surface area contributed by atoms with Crippen LogP contribution in [0, 0.1) is 17.8 Å². The molecule has 0 radical (unpaired) electrons. The summed E-state index contributed by atoms with van der Waals surface area (Å²) < 4.78 is 4.98. The zero-order chi connectivity index (χ0) is 18.9. The summed E-state index contributed by atoms with van der Waals surface area (Å²) in [4.78, 5) is 24.0. The standard InChI is InChI=1S/C19H33N3O4/c1-2-26-17(23)11-8-13-6-9-16(10-7-13)21-19(24)15-5-3-4-14(12-15)18(20)22-25/h13-16,25H,2-12H2,1H3,(H2,20,22)(H,21,24). The molecule has 2 fully saturated rings. The van der Waals surface area contributed by atoms with E-state index in [9.17, 15) is 9.59 Å². The molecule has 7 heteroatoms. The van der Waals surface area contributed by atoms with Gasteiger partial charge in [-0.25, -0.2) is 0 Å². The summed E-state index contributed by atoms with van der Waals surface area (Å²) in [5, 5.41) is 15.1. The van der Waals surface area contributed by atoms with Gasteiger partial charge in [-0.05, 0) is 64.2 Å². The molecule has 2 aliphatic rings. The number of nitrogens with one attached hydrogen (secondary N) is 1. The Morgan fingerprint density at radius 2 is 1.85 bits per heavy atom. The molecule has 4 N–H and O–H groups in total. The van der Waals surface area contributed by atoms with Crippen molar-refractivity contribution in [3.05, 3.63) is 0 Å². The first-order chi connectivity index (χ1) is 12.5. The molecule has 0 aromatic rings. The lowest BCUT2D eigenvalue weighted by atomic mass is 9.79. The molecule has 0 aliphatic heterocycles. The molecular weight excluding hydrogens is 334 g/mol. The number of ether oxygens (including phenoxy) is 1. The van der Waals surface area contributed by atoms with Crippen molar-refractivity contribution in [3.8, 4) is 0 Å². The third-order valence-corrected chi connectivity index (χ3v) is 5.83. The number of amides is 1. The number of esters is 1. The maximum absolute atomic E-state index is 12.6. The molecule has 1 amide bonds. The van der Waals surface area contributed by atoms with Crippen LogP contribution in [0.15, 0.2) is 5.16 Å². The highest BCUT2D eigenvalue weighted by atomic mass is 16.5. The number of hydrogen-bond acceptors (Lipinski definition) is 5. The normalized spacial score (nSPS) is 29.8. The monoisotopic (exact) mass is 367 g/mol. The van der Waals surface area contributed by atoms with Crippen molar-refractivity contribution in [2.45, 2.75) is 77.2 Å². The maximum atomic E-state index is 12.6. The molecule has 2 unspecified atom stereocenters. The highest BCUT2D eigenvalue weighted by Crippen LogP contribution is 2.31. The van der Waals surface area contributed by atoms with Crippen LogP contribution in [0.25, 0.3) is 0 Å². The third-order valence-electron chi connectivity index (χ3n) is 5.83. The van der Waals surface area contributed by atoms with Gasteiger partial charge in [-0.3, -0.25) is 9.59 Å². The van der Waals surface area contributed by atoms with Gasteiger partial charge in [-0.15, -0.1) is 0 Å². The summed E-state index contributed by atoms with van der Waals surface area (Å²) in [7, 11) is 0. The molecule has 148 valence electrons. The molecule has 2 atom stereocenters. The Bertz CT molecular complexity index is 501. The number of rotatable bonds is 7. The van der Waals surface area contributed by atoms with Crippen LogP contribution in [-0.2, 0) is 14.3 Å². The molecule has 0 bridgehead atoms. The van der Waals surface area contributed by atoms with E-state index in [1.165, 1.54) is 0 Å². The van der Waals surface area contributed by atoms with Gasteiger partial charge in [0.2, 0.25) is 5.91 Å². The summed E-state index contributed by atoms with van der Waals surface area (Å²) in [6, 6.07) is 0.227. The number of nitrogens with zero attached hydrogens (tertiary/aromatic N) is 1. The van der Waals surface area contributed by atoms with Crippen molar-refractivity contribution in [3.63, 3.8) is 0 Å². The van der Waals surface area contributed by atoms with Crippen LogP contribution in [0.3, 0.4) is 0 Å². The molecule has 0 aromatic heterocycles. The minimum atomic E-state index is -0.111. The fraction of sp³-hybridized carbons (Fsp3) is 0.842. The van der Waals surface area contributed by atoms with Crippen LogP contribution in [0.2, 0.25) is 0 Å². The summed E-state index contributed by atoms with van der Waals surface area (Å²) >= 11 is 0. The predicted octanol–water partition coefficient (Wildman–Crippen LogP) is 2.56. The maximum Gasteiger partial charge on any atom is 0.305 e. The van der Waals surface area contributed by atoms with Gasteiger partial charge in [0.25, 0.3) is 0 Å². The molecule has 2 aliphatic carbocycles. The Balaban J connectivity index is 1.70. The van der Waals surface area contributed by atoms with Crippen molar-refractivity contribution >= 4 is 17.7 Å². The van der Waals surface area contributed by atoms with E-state index in [2.05, 4.69) is 10.5 Å². The number of carbonyl (C=O) groups is 2. The topological polar surface area (TPSA) is 114 Å². The number of hydrogen-bond donors (Lipinski definition) is 3. The van der Waals surface area contributed by atoms with Crippen LogP contribution in [-0.4, -0.2) is 35.6 Å². The number of nitrogens with two attached hydrogens (primary N) is 1. The van der Waals surface area contributed by atoms with E-state index in [1.54, 1.807) is 0 Å². The second kappa shape index (κ2) is 10.4. The second-order valence-electron chi connectivity index (χ2n) is 7.66. The van der Waals surface area contributed by atoms with E-state index in [0.717, 1.165) is 51.4 Å².